The highest BCUT2D eigenvalue weighted by molar-refractivity contribution is 5.94. The fraction of sp³-hybridized carbons (Fsp3) is 0.316. The summed E-state index contributed by atoms with van der Waals surface area (Å²) in [5, 5.41) is 6.48. The molecule has 114 valence electrons. The lowest BCUT2D eigenvalue weighted by atomic mass is 9.94. The largest absolute Gasteiger partial charge is 0.348 e. The minimum Gasteiger partial charge on any atom is -0.348 e. The van der Waals surface area contributed by atoms with E-state index in [0.717, 1.165) is 30.6 Å². The zero-order chi connectivity index (χ0) is 15.4. The predicted octanol–water partition coefficient (Wildman–Crippen LogP) is 3.08. The molecule has 0 aromatic heterocycles. The van der Waals surface area contributed by atoms with E-state index < -0.39 is 0 Å². The summed E-state index contributed by atoms with van der Waals surface area (Å²) in [6, 6.07) is 18.2. The number of hydrogen-bond donors (Lipinski definition) is 2. The van der Waals surface area contributed by atoms with Crippen LogP contribution < -0.4 is 10.6 Å². The zero-order valence-electron chi connectivity index (χ0n) is 12.9. The Balaban J connectivity index is 1.68. The van der Waals surface area contributed by atoms with Crippen LogP contribution in [0.5, 0.6) is 0 Å². The highest BCUT2D eigenvalue weighted by Gasteiger charge is 2.22. The van der Waals surface area contributed by atoms with Crippen LogP contribution in [-0.4, -0.2) is 25.0 Å². The molecule has 1 aliphatic heterocycles. The van der Waals surface area contributed by atoms with Crippen LogP contribution in [0.2, 0.25) is 0 Å². The average Bonchev–Trinajstić information content (AvgIpc) is 2.58. The molecule has 2 aromatic carbocycles. The summed E-state index contributed by atoms with van der Waals surface area (Å²) in [5.74, 6) is 0.536. The molecule has 0 saturated carbocycles. The van der Waals surface area contributed by atoms with Crippen LogP contribution in [0.4, 0.5) is 0 Å². The molecule has 2 unspecified atom stereocenters. The van der Waals surface area contributed by atoms with Crippen molar-refractivity contribution in [1.29, 1.82) is 0 Å². The molecular formula is C19H22N2O. The molecule has 3 heteroatoms. The zero-order valence-corrected chi connectivity index (χ0v) is 12.9. The van der Waals surface area contributed by atoms with Gasteiger partial charge in [-0.15, -0.1) is 0 Å². The molecule has 0 bridgehead atoms. The lowest BCUT2D eigenvalue weighted by Crippen LogP contribution is -2.50. The van der Waals surface area contributed by atoms with Crippen LogP contribution in [0, 0.1) is 5.92 Å². The Hall–Kier alpha value is -2.13. The minimum atomic E-state index is 0.0140. The molecule has 2 atom stereocenters. The van der Waals surface area contributed by atoms with Crippen molar-refractivity contribution in [2.45, 2.75) is 19.4 Å². The van der Waals surface area contributed by atoms with E-state index >= 15 is 0 Å². The first-order valence-corrected chi connectivity index (χ1v) is 7.91. The van der Waals surface area contributed by atoms with E-state index in [1.807, 2.05) is 42.5 Å². The number of carbonyl (C=O) groups is 1. The van der Waals surface area contributed by atoms with Crippen LogP contribution in [0.3, 0.4) is 0 Å². The van der Waals surface area contributed by atoms with Crippen molar-refractivity contribution in [3.8, 4) is 11.1 Å². The van der Waals surface area contributed by atoms with Gasteiger partial charge in [0.15, 0.2) is 0 Å². The fourth-order valence-electron chi connectivity index (χ4n) is 2.88. The van der Waals surface area contributed by atoms with Crippen molar-refractivity contribution in [2.75, 3.05) is 13.1 Å². The minimum absolute atomic E-state index is 0.0140. The second kappa shape index (κ2) is 6.75. The number of piperidine rings is 1. The van der Waals surface area contributed by atoms with Crippen molar-refractivity contribution >= 4 is 5.91 Å². The molecule has 22 heavy (non-hydrogen) atoms. The number of benzene rings is 2. The first-order valence-electron chi connectivity index (χ1n) is 7.91. The van der Waals surface area contributed by atoms with Crippen LogP contribution in [0.1, 0.15) is 23.7 Å². The molecule has 1 amide bonds. The first kappa shape index (κ1) is 14.8. The summed E-state index contributed by atoms with van der Waals surface area (Å²) in [5.41, 5.74) is 3.02. The quantitative estimate of drug-likeness (QED) is 0.913. The van der Waals surface area contributed by atoms with Gasteiger partial charge in [0.2, 0.25) is 0 Å². The van der Waals surface area contributed by atoms with Gasteiger partial charge in [-0.1, -0.05) is 49.4 Å². The third kappa shape index (κ3) is 3.37. The van der Waals surface area contributed by atoms with Gasteiger partial charge >= 0.3 is 0 Å². The molecule has 0 radical (unpaired) electrons. The van der Waals surface area contributed by atoms with Crippen molar-refractivity contribution in [3.63, 3.8) is 0 Å². The van der Waals surface area contributed by atoms with Crippen LogP contribution in [0.25, 0.3) is 11.1 Å². The Morgan fingerprint density at radius 1 is 1.05 bits per heavy atom. The molecule has 1 aliphatic rings. The highest BCUT2D eigenvalue weighted by Crippen LogP contribution is 2.19. The normalized spacial score (nSPS) is 21.3. The van der Waals surface area contributed by atoms with Gasteiger partial charge in [0.1, 0.15) is 0 Å². The van der Waals surface area contributed by atoms with E-state index in [1.165, 1.54) is 5.56 Å². The van der Waals surface area contributed by atoms with Crippen molar-refractivity contribution in [1.82, 2.24) is 10.6 Å². The van der Waals surface area contributed by atoms with E-state index in [9.17, 15) is 4.79 Å². The predicted molar refractivity (Wildman–Crippen MR) is 89.8 cm³/mol. The highest BCUT2D eigenvalue weighted by atomic mass is 16.1. The summed E-state index contributed by atoms with van der Waals surface area (Å²) in [7, 11) is 0. The Kier molecular flexibility index (Phi) is 4.54. The molecule has 2 N–H and O–H groups in total. The maximum absolute atomic E-state index is 12.4. The van der Waals surface area contributed by atoms with E-state index in [-0.39, 0.29) is 11.9 Å². The first-order chi connectivity index (χ1) is 10.7. The summed E-state index contributed by atoms with van der Waals surface area (Å²) < 4.78 is 0. The van der Waals surface area contributed by atoms with E-state index in [4.69, 9.17) is 0 Å². The van der Waals surface area contributed by atoms with E-state index in [2.05, 4.69) is 29.7 Å². The van der Waals surface area contributed by atoms with Gasteiger partial charge in [-0.25, -0.2) is 0 Å². The summed E-state index contributed by atoms with van der Waals surface area (Å²) in [6.07, 6.45) is 1.11. The maximum Gasteiger partial charge on any atom is 0.251 e. The van der Waals surface area contributed by atoms with Gasteiger partial charge in [-0.3, -0.25) is 4.79 Å². The smallest absolute Gasteiger partial charge is 0.251 e. The molecule has 0 spiro atoms. The second-order valence-corrected chi connectivity index (χ2v) is 5.99. The summed E-state index contributed by atoms with van der Waals surface area (Å²) in [6.45, 7) is 4.10. The number of rotatable bonds is 3. The Labute approximate surface area is 131 Å². The van der Waals surface area contributed by atoms with Gasteiger partial charge in [-0.05, 0) is 42.1 Å². The number of carbonyl (C=O) groups excluding carboxylic acids is 1. The van der Waals surface area contributed by atoms with Crippen molar-refractivity contribution < 1.29 is 4.79 Å². The molecule has 1 saturated heterocycles. The number of nitrogens with one attached hydrogen (secondary N) is 2. The van der Waals surface area contributed by atoms with Gasteiger partial charge in [0.05, 0.1) is 0 Å². The Bertz CT molecular complexity index is 622. The van der Waals surface area contributed by atoms with Crippen LogP contribution in [-0.2, 0) is 0 Å². The molecule has 3 rings (SSSR count). The molecule has 2 aromatic rings. The fourth-order valence-corrected chi connectivity index (χ4v) is 2.88. The molecular weight excluding hydrogens is 272 g/mol. The van der Waals surface area contributed by atoms with Gasteiger partial charge in [-0.2, -0.15) is 0 Å². The molecule has 1 fully saturated rings. The Morgan fingerprint density at radius 3 is 2.41 bits per heavy atom. The lowest BCUT2D eigenvalue weighted by molar-refractivity contribution is 0.0915. The monoisotopic (exact) mass is 294 g/mol. The third-order valence-electron chi connectivity index (χ3n) is 4.40. The van der Waals surface area contributed by atoms with Gasteiger partial charge < -0.3 is 10.6 Å². The topological polar surface area (TPSA) is 41.1 Å². The van der Waals surface area contributed by atoms with E-state index in [0.29, 0.717) is 5.92 Å². The molecule has 0 aliphatic carbocycles. The van der Waals surface area contributed by atoms with E-state index in [1.54, 1.807) is 0 Å². The number of amides is 1. The van der Waals surface area contributed by atoms with Gasteiger partial charge in [0, 0.05) is 18.2 Å². The molecule has 1 heterocycles. The number of hydrogen-bond acceptors (Lipinski definition) is 2. The average molecular weight is 294 g/mol. The van der Waals surface area contributed by atoms with Crippen molar-refractivity contribution in [2.24, 2.45) is 5.92 Å². The standard InChI is InChI=1S/C19H22N2O/c1-14-11-12-20-13-18(14)21-19(22)17-9-7-16(8-10-17)15-5-3-2-4-6-15/h2-10,14,18,20H,11-13H2,1H3,(H,21,22). The van der Waals surface area contributed by atoms with Gasteiger partial charge in [0.25, 0.3) is 5.91 Å². The van der Waals surface area contributed by atoms with Crippen molar-refractivity contribution in [3.05, 3.63) is 60.2 Å². The molecule has 3 nitrogen and oxygen atoms in total. The third-order valence-corrected chi connectivity index (χ3v) is 4.40. The summed E-state index contributed by atoms with van der Waals surface area (Å²) >= 11 is 0. The Morgan fingerprint density at radius 2 is 1.73 bits per heavy atom. The SMILES string of the molecule is CC1CCNCC1NC(=O)c1ccc(-c2ccccc2)cc1. The van der Waals surface area contributed by atoms with Crippen LogP contribution in [0.15, 0.2) is 54.6 Å². The second-order valence-electron chi connectivity index (χ2n) is 5.99. The van der Waals surface area contributed by atoms with Crippen LogP contribution >= 0.6 is 0 Å². The lowest BCUT2D eigenvalue weighted by Gasteiger charge is -2.30. The summed E-state index contributed by atoms with van der Waals surface area (Å²) in [4.78, 5) is 12.4. The maximum atomic E-state index is 12.4.